The highest BCUT2D eigenvalue weighted by Crippen LogP contribution is 2.35. The molecule has 1 saturated carbocycles. The SMILES string of the molecule is CSc1cc(C(F)(F)F)ccc1C(=N)CC(=O)C1CC1. The van der Waals surface area contributed by atoms with Crippen molar-refractivity contribution < 1.29 is 18.0 Å². The number of benzene rings is 1. The first kappa shape index (κ1) is 15.1. The van der Waals surface area contributed by atoms with Gasteiger partial charge in [-0.3, -0.25) is 4.79 Å². The third-order valence-electron chi connectivity index (χ3n) is 3.24. The molecule has 0 atom stereocenters. The Morgan fingerprint density at radius 1 is 1.40 bits per heavy atom. The molecule has 0 spiro atoms. The predicted octanol–water partition coefficient (Wildman–Crippen LogP) is 4.16. The molecule has 0 aliphatic heterocycles. The van der Waals surface area contributed by atoms with Crippen LogP contribution in [-0.4, -0.2) is 17.8 Å². The first-order valence-corrected chi connectivity index (χ1v) is 7.41. The number of nitrogens with one attached hydrogen (secondary N) is 1. The van der Waals surface area contributed by atoms with Gasteiger partial charge in [0.15, 0.2) is 0 Å². The maximum Gasteiger partial charge on any atom is 0.416 e. The van der Waals surface area contributed by atoms with E-state index in [2.05, 4.69) is 0 Å². The van der Waals surface area contributed by atoms with Gasteiger partial charge in [0.05, 0.1) is 5.56 Å². The number of Topliss-reactive ketones (excluding diaryl/α,β-unsaturated/α-hetero) is 1. The summed E-state index contributed by atoms with van der Waals surface area (Å²) in [5.41, 5.74) is -0.216. The topological polar surface area (TPSA) is 40.9 Å². The molecule has 0 heterocycles. The second-order valence-electron chi connectivity index (χ2n) is 4.81. The number of halogens is 3. The molecule has 2 rings (SSSR count). The molecule has 1 aromatic rings. The van der Waals surface area contributed by atoms with Crippen LogP contribution >= 0.6 is 11.8 Å². The number of carbonyl (C=O) groups excluding carboxylic acids is 1. The van der Waals surface area contributed by atoms with Crippen molar-refractivity contribution in [3.05, 3.63) is 29.3 Å². The third-order valence-corrected chi connectivity index (χ3v) is 4.02. The summed E-state index contributed by atoms with van der Waals surface area (Å²) in [4.78, 5) is 12.1. The normalized spacial score (nSPS) is 15.2. The number of thioether (sulfide) groups is 1. The predicted molar refractivity (Wildman–Crippen MR) is 72.4 cm³/mol. The highest BCUT2D eigenvalue weighted by Gasteiger charge is 2.32. The smallest absolute Gasteiger partial charge is 0.304 e. The fourth-order valence-electron chi connectivity index (χ4n) is 1.94. The van der Waals surface area contributed by atoms with E-state index in [0.717, 1.165) is 36.7 Å². The van der Waals surface area contributed by atoms with Crippen molar-refractivity contribution in [1.29, 1.82) is 5.41 Å². The first-order chi connectivity index (χ1) is 9.32. The zero-order valence-corrected chi connectivity index (χ0v) is 11.7. The monoisotopic (exact) mass is 301 g/mol. The average Bonchev–Trinajstić information content (AvgIpc) is 3.20. The van der Waals surface area contributed by atoms with E-state index >= 15 is 0 Å². The fourth-order valence-corrected chi connectivity index (χ4v) is 2.59. The Labute approximate surface area is 119 Å². The lowest BCUT2D eigenvalue weighted by Gasteiger charge is -2.12. The van der Waals surface area contributed by atoms with Gasteiger partial charge in [-0.2, -0.15) is 13.2 Å². The number of hydrogen-bond donors (Lipinski definition) is 1. The Hall–Kier alpha value is -1.30. The van der Waals surface area contributed by atoms with Crippen LogP contribution in [0.25, 0.3) is 0 Å². The number of rotatable bonds is 5. The summed E-state index contributed by atoms with van der Waals surface area (Å²) in [7, 11) is 0. The van der Waals surface area contributed by atoms with Crippen LogP contribution in [0.3, 0.4) is 0 Å². The second-order valence-corrected chi connectivity index (χ2v) is 5.66. The molecule has 0 saturated heterocycles. The average molecular weight is 301 g/mol. The van der Waals surface area contributed by atoms with E-state index in [9.17, 15) is 18.0 Å². The van der Waals surface area contributed by atoms with Gasteiger partial charge in [-0.05, 0) is 31.2 Å². The van der Waals surface area contributed by atoms with Crippen molar-refractivity contribution in [3.8, 4) is 0 Å². The molecular formula is C14H14F3NOS. The molecule has 1 aliphatic carbocycles. The first-order valence-electron chi connectivity index (χ1n) is 6.18. The van der Waals surface area contributed by atoms with E-state index in [1.807, 2.05) is 0 Å². The van der Waals surface area contributed by atoms with E-state index in [1.54, 1.807) is 6.26 Å². The van der Waals surface area contributed by atoms with E-state index in [0.29, 0.717) is 10.5 Å². The lowest BCUT2D eigenvalue weighted by atomic mass is 10.0. The van der Waals surface area contributed by atoms with Gasteiger partial charge in [-0.15, -0.1) is 11.8 Å². The molecule has 108 valence electrons. The Balaban J connectivity index is 2.22. The largest absolute Gasteiger partial charge is 0.416 e. The van der Waals surface area contributed by atoms with Crippen molar-refractivity contribution in [2.75, 3.05) is 6.26 Å². The molecule has 1 N–H and O–H groups in total. The van der Waals surface area contributed by atoms with Gasteiger partial charge >= 0.3 is 6.18 Å². The molecule has 6 heteroatoms. The zero-order valence-electron chi connectivity index (χ0n) is 10.9. The van der Waals surface area contributed by atoms with E-state index in [4.69, 9.17) is 5.41 Å². The van der Waals surface area contributed by atoms with Crippen LogP contribution in [0.5, 0.6) is 0 Å². The van der Waals surface area contributed by atoms with Crippen molar-refractivity contribution >= 4 is 23.3 Å². The number of carbonyl (C=O) groups is 1. The lowest BCUT2D eigenvalue weighted by molar-refractivity contribution is -0.137. The van der Waals surface area contributed by atoms with Crippen LogP contribution in [0.2, 0.25) is 0 Å². The van der Waals surface area contributed by atoms with Crippen LogP contribution < -0.4 is 0 Å². The molecule has 2 nitrogen and oxygen atoms in total. The number of hydrogen-bond acceptors (Lipinski definition) is 3. The molecule has 1 fully saturated rings. The summed E-state index contributed by atoms with van der Waals surface area (Å²) < 4.78 is 37.9. The Morgan fingerprint density at radius 2 is 2.05 bits per heavy atom. The van der Waals surface area contributed by atoms with Gasteiger partial charge in [0.25, 0.3) is 0 Å². The Kier molecular flexibility index (Phi) is 4.22. The van der Waals surface area contributed by atoms with Gasteiger partial charge in [0, 0.05) is 28.5 Å². The zero-order chi connectivity index (χ0) is 14.9. The Bertz CT molecular complexity index is 550. The molecule has 0 unspecified atom stereocenters. The van der Waals surface area contributed by atoms with Crippen molar-refractivity contribution in [2.24, 2.45) is 5.92 Å². The van der Waals surface area contributed by atoms with Gasteiger partial charge in [0.2, 0.25) is 0 Å². The van der Waals surface area contributed by atoms with Crippen molar-refractivity contribution in [3.63, 3.8) is 0 Å². The van der Waals surface area contributed by atoms with E-state index < -0.39 is 11.7 Å². The van der Waals surface area contributed by atoms with Crippen molar-refractivity contribution in [2.45, 2.75) is 30.3 Å². The quantitative estimate of drug-likeness (QED) is 0.655. The molecule has 0 amide bonds. The summed E-state index contributed by atoms with van der Waals surface area (Å²) in [6.07, 6.45) is -0.989. The highest BCUT2D eigenvalue weighted by molar-refractivity contribution is 7.98. The Morgan fingerprint density at radius 3 is 2.55 bits per heavy atom. The van der Waals surface area contributed by atoms with Gasteiger partial charge in [0.1, 0.15) is 5.78 Å². The molecule has 1 aliphatic rings. The van der Waals surface area contributed by atoms with E-state index in [-0.39, 0.29) is 23.8 Å². The van der Waals surface area contributed by atoms with Gasteiger partial charge in [-0.25, -0.2) is 0 Å². The van der Waals surface area contributed by atoms with Gasteiger partial charge < -0.3 is 5.41 Å². The van der Waals surface area contributed by atoms with Crippen molar-refractivity contribution in [1.82, 2.24) is 0 Å². The lowest BCUT2D eigenvalue weighted by Crippen LogP contribution is -2.12. The number of alkyl halides is 3. The summed E-state index contributed by atoms with van der Waals surface area (Å²) in [6.45, 7) is 0. The second kappa shape index (κ2) is 5.60. The van der Waals surface area contributed by atoms with Crippen LogP contribution in [0, 0.1) is 11.3 Å². The minimum Gasteiger partial charge on any atom is -0.304 e. The van der Waals surface area contributed by atoms with Crippen LogP contribution in [0.4, 0.5) is 13.2 Å². The third kappa shape index (κ3) is 3.42. The van der Waals surface area contributed by atoms with Crippen LogP contribution in [0.1, 0.15) is 30.4 Å². The summed E-state index contributed by atoms with van der Waals surface area (Å²) in [5, 5.41) is 7.94. The standard InChI is InChI=1S/C14H14F3NOS/c1-20-13-6-9(14(15,16)17)4-5-10(13)11(18)7-12(19)8-2-3-8/h4-6,8,18H,2-3,7H2,1H3. The van der Waals surface area contributed by atoms with Gasteiger partial charge in [-0.1, -0.05) is 6.07 Å². The maximum atomic E-state index is 12.6. The van der Waals surface area contributed by atoms with Crippen LogP contribution in [-0.2, 0) is 11.0 Å². The fraction of sp³-hybridized carbons (Fsp3) is 0.429. The summed E-state index contributed by atoms with van der Waals surface area (Å²) in [6, 6.07) is 3.29. The molecule has 0 bridgehead atoms. The minimum absolute atomic E-state index is 0.00356. The number of ketones is 1. The van der Waals surface area contributed by atoms with Crippen LogP contribution in [0.15, 0.2) is 23.1 Å². The summed E-state index contributed by atoms with van der Waals surface area (Å²) >= 11 is 1.15. The highest BCUT2D eigenvalue weighted by atomic mass is 32.2. The molecule has 1 aromatic carbocycles. The summed E-state index contributed by atoms with van der Waals surface area (Å²) in [5.74, 6) is 0.0736. The molecule has 0 aromatic heterocycles. The molecule has 20 heavy (non-hydrogen) atoms. The molecular weight excluding hydrogens is 287 g/mol. The maximum absolute atomic E-state index is 12.6. The van der Waals surface area contributed by atoms with E-state index in [1.165, 1.54) is 6.07 Å². The molecule has 0 radical (unpaired) electrons. The minimum atomic E-state index is -4.39.